The first kappa shape index (κ1) is 18.0. The van der Waals surface area contributed by atoms with Gasteiger partial charge >= 0.3 is 6.09 Å². The van der Waals surface area contributed by atoms with Crippen molar-refractivity contribution >= 4 is 17.7 Å². The zero-order chi connectivity index (χ0) is 17.7. The summed E-state index contributed by atoms with van der Waals surface area (Å²) in [6.07, 6.45) is -0.706. The maximum absolute atomic E-state index is 13.0. The van der Waals surface area contributed by atoms with Gasteiger partial charge in [0.05, 0.1) is 0 Å². The van der Waals surface area contributed by atoms with Crippen LogP contribution in [-0.4, -0.2) is 54.2 Å². The van der Waals surface area contributed by atoms with E-state index >= 15 is 0 Å². The Bertz CT molecular complexity index is 569. The van der Waals surface area contributed by atoms with E-state index in [1.165, 1.54) is 12.1 Å². The second-order valence-electron chi connectivity index (χ2n) is 6.42. The third-order valence-corrected chi connectivity index (χ3v) is 4.09. The van der Waals surface area contributed by atoms with Crippen molar-refractivity contribution < 1.29 is 19.1 Å². The summed E-state index contributed by atoms with van der Waals surface area (Å²) >= 11 is 0. The number of anilines is 1. The predicted molar refractivity (Wildman–Crippen MR) is 89.6 cm³/mol. The van der Waals surface area contributed by atoms with E-state index in [0.717, 1.165) is 5.69 Å². The Kier molecular flexibility index (Phi) is 6.00. The predicted octanol–water partition coefficient (Wildman–Crippen LogP) is 2.16. The van der Waals surface area contributed by atoms with Crippen LogP contribution in [0.25, 0.3) is 0 Å². The number of amides is 2. The number of piperazine rings is 1. The molecule has 0 radical (unpaired) electrons. The lowest BCUT2D eigenvalue weighted by atomic mass is 10.0. The zero-order valence-electron chi connectivity index (χ0n) is 14.0. The zero-order valence-corrected chi connectivity index (χ0v) is 14.0. The van der Waals surface area contributed by atoms with E-state index in [9.17, 15) is 14.0 Å². The van der Waals surface area contributed by atoms with Gasteiger partial charge in [-0.2, -0.15) is 0 Å². The molecule has 1 fully saturated rings. The number of hydrogen-bond donors (Lipinski definition) is 2. The molecular formula is C17H24FN3O3. The van der Waals surface area contributed by atoms with Crippen LogP contribution < -0.4 is 10.2 Å². The topological polar surface area (TPSA) is 72.9 Å². The number of rotatable bonds is 5. The highest BCUT2D eigenvalue weighted by Crippen LogP contribution is 2.18. The molecule has 0 saturated carbocycles. The molecule has 1 aliphatic heterocycles. The van der Waals surface area contributed by atoms with Crippen molar-refractivity contribution in [2.24, 2.45) is 5.92 Å². The van der Waals surface area contributed by atoms with Crippen LogP contribution >= 0.6 is 0 Å². The first-order valence-electron chi connectivity index (χ1n) is 8.15. The molecule has 1 aromatic rings. The molecule has 0 aliphatic carbocycles. The summed E-state index contributed by atoms with van der Waals surface area (Å²) in [4.78, 5) is 27.3. The molecule has 2 rings (SSSR count). The van der Waals surface area contributed by atoms with Crippen LogP contribution in [0.3, 0.4) is 0 Å². The summed E-state index contributed by atoms with van der Waals surface area (Å²) in [5.41, 5.74) is 0.922. The number of carboxylic acid groups (broad SMARTS) is 1. The van der Waals surface area contributed by atoms with Crippen LogP contribution in [0, 0.1) is 11.7 Å². The Balaban J connectivity index is 1.95. The first-order valence-corrected chi connectivity index (χ1v) is 8.15. The van der Waals surface area contributed by atoms with Crippen molar-refractivity contribution in [2.75, 3.05) is 31.1 Å². The van der Waals surface area contributed by atoms with Crippen molar-refractivity contribution in [1.29, 1.82) is 0 Å². The number of nitrogens with zero attached hydrogens (tertiary/aromatic N) is 2. The molecule has 7 heteroatoms. The van der Waals surface area contributed by atoms with Crippen molar-refractivity contribution in [2.45, 2.75) is 26.3 Å². The van der Waals surface area contributed by atoms with Crippen LogP contribution in [0.15, 0.2) is 24.3 Å². The first-order chi connectivity index (χ1) is 11.4. The van der Waals surface area contributed by atoms with Gasteiger partial charge in [0.15, 0.2) is 0 Å². The van der Waals surface area contributed by atoms with Crippen LogP contribution in [0.2, 0.25) is 0 Å². The van der Waals surface area contributed by atoms with Crippen molar-refractivity contribution in [3.63, 3.8) is 0 Å². The van der Waals surface area contributed by atoms with Gasteiger partial charge in [0.2, 0.25) is 5.91 Å². The number of carbonyl (C=O) groups excluding carboxylic acids is 1. The molecule has 6 nitrogen and oxygen atoms in total. The largest absolute Gasteiger partial charge is 0.465 e. The molecule has 2 N–H and O–H groups in total. The smallest absolute Gasteiger partial charge is 0.405 e. The lowest BCUT2D eigenvalue weighted by molar-refractivity contribution is -0.134. The third-order valence-electron chi connectivity index (χ3n) is 4.09. The molecular weight excluding hydrogens is 313 g/mol. The minimum Gasteiger partial charge on any atom is -0.465 e. The Labute approximate surface area is 141 Å². The summed E-state index contributed by atoms with van der Waals surface area (Å²) < 4.78 is 13.0. The summed E-state index contributed by atoms with van der Waals surface area (Å²) in [5.74, 6) is -0.236. The molecule has 2 amide bonds. The van der Waals surface area contributed by atoms with Crippen molar-refractivity contribution in [3.8, 4) is 0 Å². The highest BCUT2D eigenvalue weighted by atomic mass is 19.1. The van der Waals surface area contributed by atoms with Gasteiger partial charge in [-0.15, -0.1) is 0 Å². The second kappa shape index (κ2) is 7.99. The fraction of sp³-hybridized carbons (Fsp3) is 0.529. The SMILES string of the molecule is CC(C)CC(NC(=O)O)C(=O)N1CCN(c2ccc(F)cc2)CC1. The number of benzene rings is 1. The minimum atomic E-state index is -1.18. The molecule has 1 saturated heterocycles. The highest BCUT2D eigenvalue weighted by Gasteiger charge is 2.29. The minimum absolute atomic E-state index is 0.176. The second-order valence-corrected chi connectivity index (χ2v) is 6.42. The Hall–Kier alpha value is -2.31. The quantitative estimate of drug-likeness (QED) is 0.864. The van der Waals surface area contributed by atoms with Gasteiger partial charge in [-0.05, 0) is 36.6 Å². The highest BCUT2D eigenvalue weighted by molar-refractivity contribution is 5.85. The molecule has 1 atom stereocenters. The van der Waals surface area contributed by atoms with Crippen LogP contribution in [0.5, 0.6) is 0 Å². The molecule has 1 aromatic carbocycles. The Morgan fingerprint density at radius 2 is 1.75 bits per heavy atom. The number of hydrogen-bond acceptors (Lipinski definition) is 3. The standard InChI is InChI=1S/C17H24FN3O3/c1-12(2)11-15(19-17(23)24)16(22)21-9-7-20(8-10-21)14-5-3-13(18)4-6-14/h3-6,12,15,19H,7-11H2,1-2H3,(H,23,24). The molecule has 1 heterocycles. The van der Waals surface area contributed by atoms with Crippen LogP contribution in [0.4, 0.5) is 14.9 Å². The molecule has 24 heavy (non-hydrogen) atoms. The Morgan fingerprint density at radius 3 is 2.25 bits per heavy atom. The van der Waals surface area contributed by atoms with Gasteiger partial charge in [0.1, 0.15) is 11.9 Å². The van der Waals surface area contributed by atoms with Gasteiger partial charge in [0.25, 0.3) is 0 Å². The molecule has 1 aliphatic rings. The average Bonchev–Trinajstić information content (AvgIpc) is 2.53. The maximum Gasteiger partial charge on any atom is 0.405 e. The van der Waals surface area contributed by atoms with Crippen molar-refractivity contribution in [3.05, 3.63) is 30.1 Å². The summed E-state index contributed by atoms with van der Waals surface area (Å²) in [6, 6.07) is 5.57. The van der Waals surface area contributed by atoms with Crippen LogP contribution in [-0.2, 0) is 4.79 Å². The normalized spacial score (nSPS) is 16.2. The third kappa shape index (κ3) is 4.84. The van der Waals surface area contributed by atoms with Crippen LogP contribution in [0.1, 0.15) is 20.3 Å². The van der Waals surface area contributed by atoms with E-state index < -0.39 is 12.1 Å². The Morgan fingerprint density at radius 1 is 1.17 bits per heavy atom. The van der Waals surface area contributed by atoms with E-state index in [4.69, 9.17) is 5.11 Å². The number of halogens is 1. The average molecular weight is 337 g/mol. The van der Waals surface area contributed by atoms with E-state index in [1.54, 1.807) is 17.0 Å². The number of carbonyl (C=O) groups is 2. The lowest BCUT2D eigenvalue weighted by Gasteiger charge is -2.37. The van der Waals surface area contributed by atoms with E-state index in [2.05, 4.69) is 10.2 Å². The molecule has 0 bridgehead atoms. The van der Waals surface area contributed by atoms with E-state index in [0.29, 0.717) is 32.6 Å². The molecule has 1 unspecified atom stereocenters. The van der Waals surface area contributed by atoms with Gasteiger partial charge in [-0.3, -0.25) is 4.79 Å². The molecule has 132 valence electrons. The van der Waals surface area contributed by atoms with Gasteiger partial charge in [-0.25, -0.2) is 9.18 Å². The van der Waals surface area contributed by atoms with Gasteiger partial charge in [0, 0.05) is 31.9 Å². The fourth-order valence-electron chi connectivity index (χ4n) is 2.90. The monoisotopic (exact) mass is 337 g/mol. The van der Waals surface area contributed by atoms with E-state index in [-0.39, 0.29) is 17.6 Å². The van der Waals surface area contributed by atoms with Crippen molar-refractivity contribution in [1.82, 2.24) is 10.2 Å². The summed E-state index contributed by atoms with van der Waals surface area (Å²) in [7, 11) is 0. The fourth-order valence-corrected chi connectivity index (χ4v) is 2.90. The summed E-state index contributed by atoms with van der Waals surface area (Å²) in [6.45, 7) is 6.22. The number of nitrogens with one attached hydrogen (secondary N) is 1. The van der Waals surface area contributed by atoms with E-state index in [1.807, 2.05) is 13.8 Å². The van der Waals surface area contributed by atoms with Gasteiger partial charge in [-0.1, -0.05) is 13.8 Å². The lowest BCUT2D eigenvalue weighted by Crippen LogP contribution is -2.55. The summed E-state index contributed by atoms with van der Waals surface area (Å²) in [5, 5.41) is 11.3. The molecule has 0 aromatic heterocycles. The molecule has 0 spiro atoms. The van der Waals surface area contributed by atoms with Gasteiger partial charge < -0.3 is 20.2 Å². The maximum atomic E-state index is 13.0.